The van der Waals surface area contributed by atoms with Crippen molar-refractivity contribution in [3.8, 4) is 80.1 Å². The van der Waals surface area contributed by atoms with E-state index in [4.69, 9.17) is 43.1 Å². The van der Waals surface area contributed by atoms with Gasteiger partial charge in [0.2, 0.25) is 47.1 Å². The highest BCUT2D eigenvalue weighted by atomic mass is 35.5. The standard InChI is InChI=1S/C74H74Cl2N10O17/c1-86(2)13-3-12-78-69(96)62-44-27-51(90)45(31-79-74-28-33-14-34(29-74)16-35(15-33)30-74)65(92)57(44)43-21-37(6-8-49(43)88)59-70(97)85-63(73(100)84-62)64(91)38-7-11-53(47(76)22-38)103-56-25-40-24-55(66(56)93)102-52-10-4-32(17-46(52)75)18-48-67(94)81-60(71(98)83-61(40)72(99)82-59)39-19-41(87)26-42(20-39)101-54-23-36(5-9-50(54)89)58(77)68(95)80-48/h4-11,17,19-27,33-35,48,58-64,79,87-93H,3,12-16,18,28-31,77H2,1-2H3,(H,78,96)(H,80,95)(H,81,94)(H,82,99)(H,83,98)(H,84,100)(H,85,97)/t33?,34?,35?,48-,58+,59-,60-,61-,62-,63-,64?,74?/m0/s1. The van der Waals surface area contributed by atoms with Crippen LogP contribution >= 0.6 is 23.2 Å². The van der Waals surface area contributed by atoms with E-state index in [1.165, 1.54) is 78.9 Å². The van der Waals surface area contributed by atoms with Crippen LogP contribution < -0.4 is 62.5 Å². The smallest absolute Gasteiger partial charge is 0.248 e. The second kappa shape index (κ2) is 27.7. The lowest BCUT2D eigenvalue weighted by Crippen LogP contribution is -2.58. The number of aliphatic hydroxyl groups is 1. The monoisotopic (exact) mass is 1440 g/mol. The van der Waals surface area contributed by atoms with Gasteiger partial charge in [0.1, 0.15) is 88.6 Å². The maximum atomic E-state index is 16.2. The molecule has 6 heterocycles. The van der Waals surface area contributed by atoms with Crippen LogP contribution in [-0.4, -0.2) is 127 Å². The Morgan fingerprint density at radius 3 is 1.83 bits per heavy atom. The minimum Gasteiger partial charge on any atom is -0.508 e. The largest absolute Gasteiger partial charge is 0.508 e. The lowest BCUT2D eigenvalue weighted by Gasteiger charge is -2.57. The van der Waals surface area contributed by atoms with Gasteiger partial charge in [-0.1, -0.05) is 47.5 Å². The normalized spacial score (nSPS) is 25.6. The summed E-state index contributed by atoms with van der Waals surface area (Å²) < 4.78 is 18.7. The van der Waals surface area contributed by atoms with E-state index in [2.05, 4.69) is 42.5 Å². The fourth-order valence-corrected chi connectivity index (χ4v) is 16.3. The number of aliphatic hydroxyl groups excluding tert-OH is 1. The molecule has 1 unspecified atom stereocenters. The molecule has 21 bridgehead atoms. The summed E-state index contributed by atoms with van der Waals surface area (Å²) in [7, 11) is 3.68. The van der Waals surface area contributed by atoms with Gasteiger partial charge >= 0.3 is 0 Å². The van der Waals surface area contributed by atoms with Crippen molar-refractivity contribution in [3.63, 3.8) is 0 Å². The van der Waals surface area contributed by atoms with Crippen LogP contribution in [0.5, 0.6) is 69.0 Å². The van der Waals surface area contributed by atoms with E-state index < -0.39 is 136 Å². The van der Waals surface area contributed by atoms with Crippen molar-refractivity contribution in [3.05, 3.63) is 164 Å². The van der Waals surface area contributed by atoms with Crippen LogP contribution in [0.4, 0.5) is 0 Å². The van der Waals surface area contributed by atoms with Crippen LogP contribution in [0.1, 0.15) is 126 Å². The van der Waals surface area contributed by atoms with E-state index in [0.717, 1.165) is 68.9 Å². The molecule has 4 aliphatic carbocycles. The van der Waals surface area contributed by atoms with Gasteiger partial charge in [0.15, 0.2) is 23.0 Å². The first-order valence-electron chi connectivity index (χ1n) is 33.7. The molecule has 536 valence electrons. The lowest BCUT2D eigenvalue weighted by atomic mass is 9.53. The number of nitrogens with two attached hydrogens (primary N) is 1. The number of phenolic OH excluding ortho intramolecular Hbond substituents is 6. The third-order valence-corrected chi connectivity index (χ3v) is 21.1. The summed E-state index contributed by atoms with van der Waals surface area (Å²) in [5, 5.41) is 107. The number of halogens is 2. The van der Waals surface area contributed by atoms with Gasteiger partial charge in [-0.05, 0) is 201 Å². The number of benzene rings is 7. The second-order valence-electron chi connectivity index (χ2n) is 28.0. The number of carbonyl (C=O) groups is 7. The van der Waals surface area contributed by atoms with Crippen LogP contribution in [0.3, 0.4) is 0 Å². The Bertz CT molecular complexity index is 4640. The highest BCUT2D eigenvalue weighted by molar-refractivity contribution is 6.32. The number of ether oxygens (including phenoxy) is 3. The Morgan fingerprint density at radius 2 is 1.17 bits per heavy atom. The Hall–Kier alpha value is -10.6. The third kappa shape index (κ3) is 13.9. The van der Waals surface area contributed by atoms with Crippen molar-refractivity contribution < 1.29 is 83.5 Å². The summed E-state index contributed by atoms with van der Waals surface area (Å²) in [6.45, 7) is 0.483. The SMILES string of the molecule is CN(C)CCCNC(=O)[C@H]1NC(=O)[C@H]2NC(=O)[C@@H](NC(=O)[C@H]3NC(=O)[C@H]4NC(=O)[C@H](Cc5ccc(c(Cl)c5)Oc5cc3cc(c5O)Oc3ccc(cc3Cl)C2O)NC(=O)[C@H](N)c2ccc(O)c(c2)Oc2cc(O)cc4c2)c2ccc(O)c(c2)-c2c1cc(O)c(CNC13CC4CC(CC(C4)C1)C3)c2O. The van der Waals surface area contributed by atoms with Crippen molar-refractivity contribution in [2.75, 3.05) is 27.2 Å². The van der Waals surface area contributed by atoms with Crippen molar-refractivity contribution in [2.24, 2.45) is 23.5 Å². The van der Waals surface area contributed by atoms with E-state index in [0.29, 0.717) is 36.3 Å². The molecule has 17 rings (SSSR count). The van der Waals surface area contributed by atoms with Gasteiger partial charge < -0.3 is 103 Å². The van der Waals surface area contributed by atoms with E-state index in [-0.39, 0.29) is 108 Å². The first-order chi connectivity index (χ1) is 49.2. The van der Waals surface area contributed by atoms with Gasteiger partial charge in [-0.25, -0.2) is 0 Å². The zero-order valence-electron chi connectivity index (χ0n) is 55.5. The summed E-state index contributed by atoms with van der Waals surface area (Å²) in [6.07, 6.45) is 4.00. The van der Waals surface area contributed by atoms with Gasteiger partial charge in [-0.3, -0.25) is 33.6 Å². The highest BCUT2D eigenvalue weighted by Crippen LogP contribution is 2.57. The molecule has 27 nitrogen and oxygen atoms in total. The fourth-order valence-electron chi connectivity index (χ4n) is 15.8. The quantitative estimate of drug-likeness (QED) is 0.0679. The van der Waals surface area contributed by atoms with Crippen LogP contribution in [0.2, 0.25) is 10.0 Å². The molecule has 103 heavy (non-hydrogen) atoms. The van der Waals surface area contributed by atoms with E-state index in [1.807, 2.05) is 19.0 Å². The molecule has 10 aliphatic rings. The van der Waals surface area contributed by atoms with Crippen molar-refractivity contribution in [1.29, 1.82) is 0 Å². The van der Waals surface area contributed by atoms with Gasteiger partial charge in [0.05, 0.1) is 15.6 Å². The van der Waals surface area contributed by atoms with Crippen LogP contribution in [-0.2, 0) is 46.5 Å². The molecule has 0 radical (unpaired) electrons. The number of phenols is 6. The summed E-state index contributed by atoms with van der Waals surface area (Å²) in [6, 6.07) is 9.03. The minimum absolute atomic E-state index is 0.0344. The number of rotatable bonds is 8. The van der Waals surface area contributed by atoms with E-state index in [9.17, 15) is 45.3 Å². The number of aromatic hydroxyl groups is 6. The summed E-state index contributed by atoms with van der Waals surface area (Å²) >= 11 is 14.0. The first kappa shape index (κ1) is 69.5. The molecule has 7 amide bonds. The molecule has 17 N–H and O–H groups in total. The predicted octanol–water partition coefficient (Wildman–Crippen LogP) is 7.03. The minimum atomic E-state index is -2.16. The molecule has 4 saturated carbocycles. The molecule has 8 atom stereocenters. The molecule has 7 aromatic carbocycles. The van der Waals surface area contributed by atoms with E-state index in [1.54, 1.807) is 0 Å². The molecular formula is C74H74Cl2N10O17. The maximum absolute atomic E-state index is 16.2. The Balaban J connectivity index is 0.950. The van der Waals surface area contributed by atoms with E-state index >= 15 is 24.0 Å². The highest BCUT2D eigenvalue weighted by Gasteiger charge is 2.51. The zero-order chi connectivity index (χ0) is 72.6. The Morgan fingerprint density at radius 1 is 0.573 bits per heavy atom. The number of hydrogen-bond donors (Lipinski definition) is 16. The molecule has 7 aromatic rings. The number of fused-ring (bicyclic) bond motifs is 14. The number of nitrogens with zero attached hydrogens (tertiary/aromatic N) is 1. The van der Waals surface area contributed by atoms with Gasteiger partial charge in [-0.2, -0.15) is 0 Å². The molecule has 0 aromatic heterocycles. The lowest BCUT2D eigenvalue weighted by molar-refractivity contribution is -0.137. The zero-order valence-corrected chi connectivity index (χ0v) is 57.0. The number of hydrogen-bond acceptors (Lipinski definition) is 20. The molecule has 29 heteroatoms. The van der Waals surface area contributed by atoms with Gasteiger partial charge in [0, 0.05) is 42.2 Å². The molecule has 0 saturated heterocycles. The number of nitrogens with one attached hydrogen (secondary N) is 8. The summed E-state index contributed by atoms with van der Waals surface area (Å²) in [4.78, 5) is 110. The van der Waals surface area contributed by atoms with Crippen LogP contribution in [0.15, 0.2) is 109 Å². The fraction of sp³-hybridized carbons (Fsp3) is 0.338. The first-order valence-corrected chi connectivity index (χ1v) is 34.5. The number of amides is 7. The second-order valence-corrected chi connectivity index (χ2v) is 28.8. The summed E-state index contributed by atoms with van der Waals surface area (Å²) in [5.41, 5.74) is 4.94. The van der Waals surface area contributed by atoms with Crippen LogP contribution in [0, 0.1) is 17.8 Å². The van der Waals surface area contributed by atoms with Crippen LogP contribution in [0.25, 0.3) is 11.1 Å². The summed E-state index contributed by atoms with van der Waals surface area (Å²) in [5.74, 6) is -11.5. The van der Waals surface area contributed by atoms with Crippen molar-refractivity contribution in [2.45, 2.75) is 112 Å². The molecular weight excluding hydrogens is 1370 g/mol. The van der Waals surface area contributed by atoms with Crippen molar-refractivity contribution in [1.82, 2.24) is 47.4 Å². The average molecular weight is 1450 g/mol. The molecule has 4 fully saturated rings. The van der Waals surface area contributed by atoms with Crippen molar-refractivity contribution >= 4 is 64.6 Å². The predicted molar refractivity (Wildman–Crippen MR) is 371 cm³/mol. The maximum Gasteiger partial charge on any atom is 0.248 e. The topological polar surface area (TPSA) is 414 Å². The molecule has 0 spiro atoms. The molecule has 6 aliphatic heterocycles. The average Bonchev–Trinajstić information content (AvgIpc) is 0.753. The van der Waals surface area contributed by atoms with Gasteiger partial charge in [-0.15, -0.1) is 0 Å². The Kier molecular flexibility index (Phi) is 18.7. The third-order valence-electron chi connectivity index (χ3n) is 20.5. The van der Waals surface area contributed by atoms with Gasteiger partial charge in [0.25, 0.3) is 0 Å². The Labute approximate surface area is 599 Å². The number of carbonyl (C=O) groups excluding carboxylic acids is 7.